The molecule has 1 aromatic carbocycles. The van der Waals surface area contributed by atoms with Crippen molar-refractivity contribution in [1.29, 1.82) is 0 Å². The SMILES string of the molecule is Cc1ccc(-c2csc3c2C=C(C(=O)O)CCC3)cc1. The Morgan fingerprint density at radius 2 is 1.95 bits per heavy atom. The summed E-state index contributed by atoms with van der Waals surface area (Å²) >= 11 is 1.74. The number of benzene rings is 1. The second-order valence-corrected chi connectivity index (χ2v) is 6.14. The molecule has 0 radical (unpaired) electrons. The molecule has 3 heteroatoms. The number of aryl methyl sites for hydroxylation is 2. The molecule has 0 saturated carbocycles. The van der Waals surface area contributed by atoms with Gasteiger partial charge in [-0.05, 0) is 54.3 Å². The molecule has 0 unspecified atom stereocenters. The number of fused-ring (bicyclic) bond motifs is 1. The maximum absolute atomic E-state index is 11.3. The zero-order chi connectivity index (χ0) is 14.1. The Kier molecular flexibility index (Phi) is 3.45. The van der Waals surface area contributed by atoms with Crippen molar-refractivity contribution in [3.8, 4) is 11.1 Å². The Bertz CT molecular complexity index is 678. The van der Waals surface area contributed by atoms with Gasteiger partial charge in [0.25, 0.3) is 0 Å². The first-order valence-electron chi connectivity index (χ1n) is 6.76. The highest BCUT2D eigenvalue weighted by atomic mass is 32.1. The Morgan fingerprint density at radius 3 is 2.65 bits per heavy atom. The van der Waals surface area contributed by atoms with Crippen LogP contribution in [0.2, 0.25) is 0 Å². The molecular formula is C17H16O2S. The Morgan fingerprint density at radius 1 is 1.20 bits per heavy atom. The van der Waals surface area contributed by atoms with E-state index in [9.17, 15) is 9.90 Å². The Labute approximate surface area is 122 Å². The third kappa shape index (κ3) is 2.41. The summed E-state index contributed by atoms with van der Waals surface area (Å²) < 4.78 is 0. The van der Waals surface area contributed by atoms with Gasteiger partial charge in [0.15, 0.2) is 0 Å². The van der Waals surface area contributed by atoms with E-state index >= 15 is 0 Å². The predicted molar refractivity (Wildman–Crippen MR) is 83.0 cm³/mol. The standard InChI is InChI=1S/C17H16O2S/c1-11-5-7-12(8-6-11)15-10-20-16-4-2-3-13(17(18)19)9-14(15)16/h5-10H,2-4H2,1H3,(H,18,19). The van der Waals surface area contributed by atoms with Crippen LogP contribution >= 0.6 is 11.3 Å². The fourth-order valence-electron chi connectivity index (χ4n) is 2.57. The van der Waals surface area contributed by atoms with Crippen LogP contribution in [0, 0.1) is 6.92 Å². The van der Waals surface area contributed by atoms with Gasteiger partial charge in [-0.2, -0.15) is 0 Å². The highest BCUT2D eigenvalue weighted by molar-refractivity contribution is 7.10. The fourth-order valence-corrected chi connectivity index (χ4v) is 3.65. The van der Waals surface area contributed by atoms with E-state index in [1.54, 1.807) is 11.3 Å². The summed E-state index contributed by atoms with van der Waals surface area (Å²) in [6, 6.07) is 8.41. The minimum atomic E-state index is -0.793. The molecule has 0 amide bonds. The number of carboxylic acids is 1. The molecule has 0 fully saturated rings. The lowest BCUT2D eigenvalue weighted by Gasteiger charge is -2.03. The zero-order valence-electron chi connectivity index (χ0n) is 11.3. The molecule has 0 spiro atoms. The van der Waals surface area contributed by atoms with Crippen molar-refractivity contribution in [2.45, 2.75) is 26.2 Å². The van der Waals surface area contributed by atoms with E-state index in [0.717, 1.165) is 29.5 Å². The molecule has 102 valence electrons. The molecule has 1 aliphatic carbocycles. The van der Waals surface area contributed by atoms with Gasteiger partial charge in [-0.25, -0.2) is 4.79 Å². The summed E-state index contributed by atoms with van der Waals surface area (Å²) in [5.74, 6) is -0.793. The van der Waals surface area contributed by atoms with Crippen molar-refractivity contribution in [3.05, 3.63) is 51.2 Å². The lowest BCUT2D eigenvalue weighted by atomic mass is 10.0. The molecule has 0 saturated heterocycles. The molecule has 0 aliphatic heterocycles. The first-order valence-corrected chi connectivity index (χ1v) is 7.64. The molecule has 0 atom stereocenters. The number of aliphatic carboxylic acids is 1. The predicted octanol–water partition coefficient (Wildman–Crippen LogP) is 4.53. The lowest BCUT2D eigenvalue weighted by molar-refractivity contribution is -0.132. The van der Waals surface area contributed by atoms with Crippen LogP contribution in [-0.2, 0) is 11.2 Å². The number of hydrogen-bond donors (Lipinski definition) is 1. The second kappa shape index (κ2) is 5.25. The first-order chi connectivity index (χ1) is 9.65. The molecule has 2 nitrogen and oxygen atoms in total. The maximum atomic E-state index is 11.3. The molecule has 1 aromatic heterocycles. The Hall–Kier alpha value is -1.87. The summed E-state index contributed by atoms with van der Waals surface area (Å²) in [6.45, 7) is 2.07. The van der Waals surface area contributed by atoms with Crippen molar-refractivity contribution in [3.63, 3.8) is 0 Å². The minimum Gasteiger partial charge on any atom is -0.478 e. The third-order valence-electron chi connectivity index (χ3n) is 3.72. The zero-order valence-corrected chi connectivity index (χ0v) is 12.2. The number of thiophene rings is 1. The van der Waals surface area contributed by atoms with Crippen LogP contribution in [-0.4, -0.2) is 11.1 Å². The minimum absolute atomic E-state index is 0.524. The average Bonchev–Trinajstić information content (AvgIpc) is 2.69. The maximum Gasteiger partial charge on any atom is 0.331 e. The van der Waals surface area contributed by atoms with Crippen LogP contribution in [0.5, 0.6) is 0 Å². The summed E-state index contributed by atoms with van der Waals surface area (Å²) in [6.07, 6.45) is 4.42. The third-order valence-corrected chi connectivity index (χ3v) is 4.78. The van der Waals surface area contributed by atoms with Crippen molar-refractivity contribution < 1.29 is 9.90 Å². The topological polar surface area (TPSA) is 37.3 Å². The van der Waals surface area contributed by atoms with E-state index in [1.165, 1.54) is 10.4 Å². The number of carbonyl (C=O) groups is 1. The van der Waals surface area contributed by atoms with Crippen molar-refractivity contribution >= 4 is 23.4 Å². The van der Waals surface area contributed by atoms with Gasteiger partial charge in [-0.3, -0.25) is 0 Å². The monoisotopic (exact) mass is 284 g/mol. The molecule has 20 heavy (non-hydrogen) atoms. The summed E-state index contributed by atoms with van der Waals surface area (Å²) in [7, 11) is 0. The van der Waals surface area contributed by atoms with E-state index in [4.69, 9.17) is 0 Å². The van der Waals surface area contributed by atoms with E-state index in [0.29, 0.717) is 12.0 Å². The number of rotatable bonds is 2. The van der Waals surface area contributed by atoms with Gasteiger partial charge in [-0.15, -0.1) is 11.3 Å². The van der Waals surface area contributed by atoms with Crippen LogP contribution < -0.4 is 0 Å². The average molecular weight is 284 g/mol. The van der Waals surface area contributed by atoms with Crippen LogP contribution in [0.1, 0.15) is 28.8 Å². The van der Waals surface area contributed by atoms with E-state index < -0.39 is 5.97 Å². The van der Waals surface area contributed by atoms with E-state index in [-0.39, 0.29) is 0 Å². The molecule has 0 bridgehead atoms. The molecular weight excluding hydrogens is 268 g/mol. The summed E-state index contributed by atoms with van der Waals surface area (Å²) in [4.78, 5) is 12.6. The second-order valence-electron chi connectivity index (χ2n) is 5.18. The van der Waals surface area contributed by atoms with Gasteiger partial charge in [0.05, 0.1) is 0 Å². The van der Waals surface area contributed by atoms with Crippen LogP contribution in [0.25, 0.3) is 17.2 Å². The highest BCUT2D eigenvalue weighted by Gasteiger charge is 2.18. The fraction of sp³-hybridized carbons (Fsp3) is 0.235. The quantitative estimate of drug-likeness (QED) is 0.879. The lowest BCUT2D eigenvalue weighted by Crippen LogP contribution is -1.99. The van der Waals surface area contributed by atoms with Crippen molar-refractivity contribution in [2.75, 3.05) is 0 Å². The molecule has 1 N–H and O–H groups in total. The van der Waals surface area contributed by atoms with Crippen LogP contribution in [0.4, 0.5) is 0 Å². The van der Waals surface area contributed by atoms with E-state index in [2.05, 4.69) is 36.6 Å². The van der Waals surface area contributed by atoms with Gasteiger partial charge >= 0.3 is 5.97 Å². The van der Waals surface area contributed by atoms with Gasteiger partial charge in [0, 0.05) is 10.5 Å². The summed E-state index contributed by atoms with van der Waals surface area (Å²) in [5.41, 5.74) is 5.18. The van der Waals surface area contributed by atoms with Gasteiger partial charge in [0.1, 0.15) is 0 Å². The smallest absolute Gasteiger partial charge is 0.331 e. The number of carboxylic acid groups (broad SMARTS) is 1. The largest absolute Gasteiger partial charge is 0.478 e. The molecule has 1 heterocycles. The molecule has 1 aliphatic rings. The number of hydrogen-bond acceptors (Lipinski definition) is 2. The van der Waals surface area contributed by atoms with Crippen LogP contribution in [0.3, 0.4) is 0 Å². The normalized spacial score (nSPS) is 14.3. The van der Waals surface area contributed by atoms with Crippen molar-refractivity contribution in [2.24, 2.45) is 0 Å². The first kappa shape index (κ1) is 13.1. The van der Waals surface area contributed by atoms with E-state index in [1.807, 2.05) is 6.08 Å². The summed E-state index contributed by atoms with van der Waals surface area (Å²) in [5, 5.41) is 11.4. The van der Waals surface area contributed by atoms with Crippen molar-refractivity contribution in [1.82, 2.24) is 0 Å². The Balaban J connectivity index is 2.11. The van der Waals surface area contributed by atoms with Gasteiger partial charge in [-0.1, -0.05) is 29.8 Å². The molecule has 2 aromatic rings. The van der Waals surface area contributed by atoms with Gasteiger partial charge < -0.3 is 5.11 Å². The molecule has 3 rings (SSSR count). The highest BCUT2D eigenvalue weighted by Crippen LogP contribution is 2.36. The van der Waals surface area contributed by atoms with Gasteiger partial charge in [0.2, 0.25) is 0 Å². The van der Waals surface area contributed by atoms with Crippen LogP contribution in [0.15, 0.2) is 35.2 Å².